The Morgan fingerprint density at radius 2 is 2.29 bits per heavy atom. The summed E-state index contributed by atoms with van der Waals surface area (Å²) in [6.07, 6.45) is 3.02. The van der Waals surface area contributed by atoms with E-state index in [4.69, 9.17) is 4.74 Å². The lowest BCUT2D eigenvalue weighted by Crippen LogP contribution is -2.50. The molecule has 1 rings (SSSR count). The number of carbonyl (C=O) groups is 1. The fourth-order valence-corrected chi connectivity index (χ4v) is 2.60. The van der Waals surface area contributed by atoms with Gasteiger partial charge in [0.25, 0.3) is 0 Å². The zero-order chi connectivity index (χ0) is 12.9. The number of likely N-dealkylation sites (N-methyl/N-ethyl adjacent to an activating group) is 1. The third-order valence-corrected chi connectivity index (χ3v) is 3.76. The molecule has 1 N–H and O–H groups in total. The minimum Gasteiger partial charge on any atom is -0.383 e. The SMILES string of the molecule is CCCC(C)C(=O)N1CCC(COC)(NC)C1. The van der Waals surface area contributed by atoms with Crippen LogP contribution in [-0.4, -0.2) is 50.2 Å². The molecule has 0 aliphatic carbocycles. The summed E-state index contributed by atoms with van der Waals surface area (Å²) in [4.78, 5) is 14.2. The average molecular weight is 242 g/mol. The van der Waals surface area contributed by atoms with Gasteiger partial charge in [0.2, 0.25) is 5.91 Å². The van der Waals surface area contributed by atoms with E-state index in [1.807, 2.05) is 18.9 Å². The van der Waals surface area contributed by atoms with Crippen molar-refractivity contribution in [1.29, 1.82) is 0 Å². The van der Waals surface area contributed by atoms with E-state index in [-0.39, 0.29) is 11.5 Å². The first-order chi connectivity index (χ1) is 8.08. The van der Waals surface area contributed by atoms with Gasteiger partial charge in [-0.3, -0.25) is 4.79 Å². The zero-order valence-electron chi connectivity index (χ0n) is 11.6. The summed E-state index contributed by atoms with van der Waals surface area (Å²) in [6, 6.07) is 0. The molecular weight excluding hydrogens is 216 g/mol. The van der Waals surface area contributed by atoms with Crippen molar-refractivity contribution in [3.05, 3.63) is 0 Å². The highest BCUT2D eigenvalue weighted by molar-refractivity contribution is 5.78. The van der Waals surface area contributed by atoms with E-state index in [0.29, 0.717) is 12.5 Å². The molecule has 4 heteroatoms. The average Bonchev–Trinajstić information content (AvgIpc) is 2.74. The number of likely N-dealkylation sites (tertiary alicyclic amines) is 1. The fraction of sp³-hybridized carbons (Fsp3) is 0.923. The second-order valence-electron chi connectivity index (χ2n) is 5.16. The summed E-state index contributed by atoms with van der Waals surface area (Å²) >= 11 is 0. The van der Waals surface area contributed by atoms with E-state index in [2.05, 4.69) is 12.2 Å². The highest BCUT2D eigenvalue weighted by atomic mass is 16.5. The first kappa shape index (κ1) is 14.5. The van der Waals surface area contributed by atoms with Gasteiger partial charge in [-0.05, 0) is 19.9 Å². The van der Waals surface area contributed by atoms with Gasteiger partial charge < -0.3 is 15.0 Å². The van der Waals surface area contributed by atoms with Gasteiger partial charge >= 0.3 is 0 Å². The topological polar surface area (TPSA) is 41.6 Å². The van der Waals surface area contributed by atoms with Gasteiger partial charge in [-0.2, -0.15) is 0 Å². The summed E-state index contributed by atoms with van der Waals surface area (Å²) in [5.41, 5.74) is -0.0453. The Morgan fingerprint density at radius 3 is 2.82 bits per heavy atom. The molecule has 0 saturated carbocycles. The molecule has 0 aromatic carbocycles. The molecule has 0 spiro atoms. The van der Waals surface area contributed by atoms with Crippen LogP contribution >= 0.6 is 0 Å². The maximum atomic E-state index is 12.2. The Morgan fingerprint density at radius 1 is 1.59 bits per heavy atom. The number of nitrogens with one attached hydrogen (secondary N) is 1. The van der Waals surface area contributed by atoms with Crippen LogP contribution in [0.2, 0.25) is 0 Å². The van der Waals surface area contributed by atoms with Crippen molar-refractivity contribution in [2.45, 2.75) is 38.6 Å². The van der Waals surface area contributed by atoms with Crippen molar-refractivity contribution in [3.63, 3.8) is 0 Å². The molecule has 0 aromatic heterocycles. The summed E-state index contributed by atoms with van der Waals surface area (Å²) in [7, 11) is 3.66. The Kier molecular flexibility index (Phi) is 5.40. The Labute approximate surface area is 105 Å². The first-order valence-electron chi connectivity index (χ1n) is 6.55. The van der Waals surface area contributed by atoms with Gasteiger partial charge in [-0.1, -0.05) is 20.3 Å². The number of nitrogens with zero attached hydrogens (tertiary/aromatic N) is 1. The lowest BCUT2D eigenvalue weighted by atomic mass is 10.0. The molecule has 17 heavy (non-hydrogen) atoms. The molecule has 1 aliphatic heterocycles. The van der Waals surface area contributed by atoms with Crippen molar-refractivity contribution < 1.29 is 9.53 Å². The highest BCUT2D eigenvalue weighted by Gasteiger charge is 2.39. The van der Waals surface area contributed by atoms with Crippen molar-refractivity contribution in [3.8, 4) is 0 Å². The van der Waals surface area contributed by atoms with Crippen molar-refractivity contribution in [2.75, 3.05) is 33.9 Å². The first-order valence-corrected chi connectivity index (χ1v) is 6.55. The van der Waals surface area contributed by atoms with Gasteiger partial charge in [0.05, 0.1) is 12.1 Å². The van der Waals surface area contributed by atoms with Crippen molar-refractivity contribution in [2.24, 2.45) is 5.92 Å². The molecule has 2 atom stereocenters. The van der Waals surface area contributed by atoms with E-state index in [0.717, 1.165) is 32.4 Å². The van der Waals surface area contributed by atoms with Crippen LogP contribution in [0.15, 0.2) is 0 Å². The maximum absolute atomic E-state index is 12.2. The van der Waals surface area contributed by atoms with Crippen LogP contribution in [0.4, 0.5) is 0 Å². The summed E-state index contributed by atoms with van der Waals surface area (Å²) in [5, 5.41) is 3.32. The van der Waals surface area contributed by atoms with Crippen LogP contribution in [-0.2, 0) is 9.53 Å². The second kappa shape index (κ2) is 6.36. The highest BCUT2D eigenvalue weighted by Crippen LogP contribution is 2.23. The predicted molar refractivity (Wildman–Crippen MR) is 68.9 cm³/mol. The van der Waals surface area contributed by atoms with E-state index < -0.39 is 0 Å². The molecule has 1 amide bonds. The number of hydrogen-bond donors (Lipinski definition) is 1. The summed E-state index contributed by atoms with van der Waals surface area (Å²) < 4.78 is 5.26. The number of methoxy groups -OCH3 is 1. The Balaban J connectivity index is 2.56. The number of rotatable bonds is 6. The summed E-state index contributed by atoms with van der Waals surface area (Å²) in [6.45, 7) is 6.43. The van der Waals surface area contributed by atoms with E-state index in [1.54, 1.807) is 7.11 Å². The van der Waals surface area contributed by atoms with Gasteiger partial charge in [0.15, 0.2) is 0 Å². The minimum atomic E-state index is -0.0453. The third-order valence-electron chi connectivity index (χ3n) is 3.76. The van der Waals surface area contributed by atoms with Crippen LogP contribution in [0.25, 0.3) is 0 Å². The number of carbonyl (C=O) groups excluding carboxylic acids is 1. The van der Waals surface area contributed by atoms with Crippen molar-refractivity contribution >= 4 is 5.91 Å². The molecule has 1 heterocycles. The Bertz CT molecular complexity index is 258. The van der Waals surface area contributed by atoms with Crippen LogP contribution < -0.4 is 5.32 Å². The van der Waals surface area contributed by atoms with Crippen LogP contribution in [0, 0.1) is 5.92 Å². The maximum Gasteiger partial charge on any atom is 0.225 e. The molecule has 0 aromatic rings. The quantitative estimate of drug-likeness (QED) is 0.762. The summed E-state index contributed by atoms with van der Waals surface area (Å²) in [5.74, 6) is 0.440. The fourth-order valence-electron chi connectivity index (χ4n) is 2.60. The molecular formula is C13H26N2O2. The van der Waals surface area contributed by atoms with Crippen molar-refractivity contribution in [1.82, 2.24) is 10.2 Å². The van der Waals surface area contributed by atoms with Gasteiger partial charge in [0, 0.05) is 26.1 Å². The monoisotopic (exact) mass is 242 g/mol. The smallest absolute Gasteiger partial charge is 0.225 e. The van der Waals surface area contributed by atoms with Gasteiger partial charge in [-0.25, -0.2) is 0 Å². The minimum absolute atomic E-state index is 0.0453. The second-order valence-corrected chi connectivity index (χ2v) is 5.16. The predicted octanol–water partition coefficient (Wildman–Crippen LogP) is 1.26. The van der Waals surface area contributed by atoms with Gasteiger partial charge in [0.1, 0.15) is 0 Å². The Hall–Kier alpha value is -0.610. The largest absolute Gasteiger partial charge is 0.383 e. The number of ether oxygens (including phenoxy) is 1. The lowest BCUT2D eigenvalue weighted by molar-refractivity contribution is -0.134. The molecule has 0 bridgehead atoms. The molecule has 100 valence electrons. The number of amides is 1. The number of hydrogen-bond acceptors (Lipinski definition) is 3. The van der Waals surface area contributed by atoms with Crippen LogP contribution in [0.3, 0.4) is 0 Å². The molecule has 1 saturated heterocycles. The normalized spacial score (nSPS) is 26.2. The molecule has 2 unspecified atom stereocenters. The van der Waals surface area contributed by atoms with Crippen LogP contribution in [0.1, 0.15) is 33.1 Å². The lowest BCUT2D eigenvalue weighted by Gasteiger charge is -2.28. The molecule has 1 fully saturated rings. The van der Waals surface area contributed by atoms with Crippen LogP contribution in [0.5, 0.6) is 0 Å². The molecule has 0 radical (unpaired) electrons. The molecule has 4 nitrogen and oxygen atoms in total. The van der Waals surface area contributed by atoms with E-state index in [1.165, 1.54) is 0 Å². The molecule has 1 aliphatic rings. The zero-order valence-corrected chi connectivity index (χ0v) is 11.6. The van der Waals surface area contributed by atoms with Gasteiger partial charge in [-0.15, -0.1) is 0 Å². The van der Waals surface area contributed by atoms with E-state index in [9.17, 15) is 4.79 Å². The third kappa shape index (κ3) is 3.42. The standard InChI is InChI=1S/C13H26N2O2/c1-5-6-11(2)12(16)15-8-7-13(9-15,14-3)10-17-4/h11,14H,5-10H2,1-4H3. The van der Waals surface area contributed by atoms with E-state index >= 15 is 0 Å².